The van der Waals surface area contributed by atoms with Gasteiger partial charge in [-0.25, -0.2) is 4.79 Å². The summed E-state index contributed by atoms with van der Waals surface area (Å²) in [5, 5.41) is 2.98. The van der Waals surface area contributed by atoms with Gasteiger partial charge in [0.1, 0.15) is 5.75 Å². The first-order valence-corrected chi connectivity index (χ1v) is 7.96. The molecule has 0 unspecified atom stereocenters. The van der Waals surface area contributed by atoms with Crippen molar-refractivity contribution < 1.29 is 9.53 Å². The van der Waals surface area contributed by atoms with E-state index in [2.05, 4.69) is 24.4 Å². The maximum absolute atomic E-state index is 12.7. The molecule has 0 radical (unpaired) electrons. The third-order valence-electron chi connectivity index (χ3n) is 4.38. The topological polar surface area (TPSA) is 41.6 Å². The number of carbonyl (C=O) groups is 1. The van der Waals surface area contributed by atoms with Crippen molar-refractivity contribution in [2.75, 3.05) is 19.0 Å². The highest BCUT2D eigenvalue weighted by Crippen LogP contribution is 2.34. The molecule has 1 N–H and O–H groups in total. The summed E-state index contributed by atoms with van der Waals surface area (Å²) < 4.78 is 5.20. The Kier molecular flexibility index (Phi) is 4.51. The van der Waals surface area contributed by atoms with Crippen LogP contribution in [0.1, 0.15) is 30.0 Å². The van der Waals surface area contributed by atoms with E-state index in [0.29, 0.717) is 0 Å². The molecular weight excluding hydrogens is 288 g/mol. The van der Waals surface area contributed by atoms with Gasteiger partial charge in [-0.2, -0.15) is 0 Å². The van der Waals surface area contributed by atoms with Gasteiger partial charge in [-0.1, -0.05) is 30.3 Å². The minimum atomic E-state index is -0.0518. The first-order valence-electron chi connectivity index (χ1n) is 7.96. The Morgan fingerprint density at radius 2 is 2.04 bits per heavy atom. The van der Waals surface area contributed by atoms with Gasteiger partial charge in [0.15, 0.2) is 0 Å². The lowest BCUT2D eigenvalue weighted by atomic mass is 9.99. The van der Waals surface area contributed by atoms with Crippen LogP contribution in [-0.2, 0) is 0 Å². The number of nitrogens with zero attached hydrogens (tertiary/aromatic N) is 1. The van der Waals surface area contributed by atoms with E-state index in [4.69, 9.17) is 4.74 Å². The molecule has 2 aromatic rings. The molecule has 3 rings (SSSR count). The van der Waals surface area contributed by atoms with Gasteiger partial charge in [-0.05, 0) is 43.0 Å². The fourth-order valence-electron chi connectivity index (χ4n) is 3.19. The number of ether oxygens (including phenoxy) is 1. The highest BCUT2D eigenvalue weighted by atomic mass is 16.5. The number of methoxy groups -OCH3 is 1. The minimum absolute atomic E-state index is 0.0518. The van der Waals surface area contributed by atoms with Gasteiger partial charge < -0.3 is 15.0 Å². The van der Waals surface area contributed by atoms with Gasteiger partial charge in [0, 0.05) is 18.3 Å². The number of benzene rings is 2. The fourth-order valence-corrected chi connectivity index (χ4v) is 3.19. The van der Waals surface area contributed by atoms with E-state index in [0.717, 1.165) is 30.8 Å². The molecule has 1 aliphatic rings. The van der Waals surface area contributed by atoms with Crippen LogP contribution in [0.3, 0.4) is 0 Å². The van der Waals surface area contributed by atoms with Crippen molar-refractivity contribution in [1.82, 2.24) is 4.90 Å². The van der Waals surface area contributed by atoms with Crippen molar-refractivity contribution in [3.63, 3.8) is 0 Å². The van der Waals surface area contributed by atoms with E-state index >= 15 is 0 Å². The SMILES string of the molecule is COc1cccc(NC(=O)N2CCC[C@@H]2c2ccccc2C)c1. The van der Waals surface area contributed by atoms with Gasteiger partial charge in [-0.15, -0.1) is 0 Å². The van der Waals surface area contributed by atoms with Crippen molar-refractivity contribution in [2.45, 2.75) is 25.8 Å². The van der Waals surface area contributed by atoms with Gasteiger partial charge in [0.05, 0.1) is 13.2 Å². The molecule has 2 aromatic carbocycles. The quantitative estimate of drug-likeness (QED) is 0.914. The van der Waals surface area contributed by atoms with Crippen molar-refractivity contribution >= 4 is 11.7 Å². The molecule has 0 aliphatic carbocycles. The van der Waals surface area contributed by atoms with Crippen LogP contribution in [-0.4, -0.2) is 24.6 Å². The smallest absolute Gasteiger partial charge is 0.322 e. The van der Waals surface area contributed by atoms with Crippen molar-refractivity contribution in [3.05, 3.63) is 59.7 Å². The summed E-state index contributed by atoms with van der Waals surface area (Å²) in [5.41, 5.74) is 3.23. The van der Waals surface area contributed by atoms with E-state index in [1.165, 1.54) is 11.1 Å². The largest absolute Gasteiger partial charge is 0.497 e. The van der Waals surface area contributed by atoms with Crippen molar-refractivity contribution in [1.29, 1.82) is 0 Å². The molecule has 1 saturated heterocycles. The van der Waals surface area contributed by atoms with E-state index in [-0.39, 0.29) is 12.1 Å². The van der Waals surface area contributed by atoms with Crippen LogP contribution >= 0.6 is 0 Å². The standard InChI is InChI=1S/C19H22N2O2/c1-14-7-3-4-10-17(14)18-11-6-12-21(18)19(22)20-15-8-5-9-16(13-15)23-2/h3-5,7-10,13,18H,6,11-12H2,1-2H3,(H,20,22)/t18-/m1/s1. The van der Waals surface area contributed by atoms with Gasteiger partial charge in [-0.3, -0.25) is 0 Å². The molecule has 0 aromatic heterocycles. The molecule has 1 heterocycles. The molecule has 2 amide bonds. The molecule has 1 aliphatic heterocycles. The number of hydrogen-bond acceptors (Lipinski definition) is 2. The lowest BCUT2D eigenvalue weighted by Crippen LogP contribution is -2.34. The highest BCUT2D eigenvalue weighted by Gasteiger charge is 2.30. The second-order valence-electron chi connectivity index (χ2n) is 5.87. The van der Waals surface area contributed by atoms with E-state index in [1.54, 1.807) is 7.11 Å². The van der Waals surface area contributed by atoms with Crippen LogP contribution < -0.4 is 10.1 Å². The van der Waals surface area contributed by atoms with Crippen LogP contribution in [0.25, 0.3) is 0 Å². The fraction of sp³-hybridized carbons (Fsp3) is 0.316. The van der Waals surface area contributed by atoms with E-state index in [9.17, 15) is 4.79 Å². The first kappa shape index (κ1) is 15.4. The monoisotopic (exact) mass is 310 g/mol. The first-order chi connectivity index (χ1) is 11.2. The summed E-state index contributed by atoms with van der Waals surface area (Å²) in [6, 6.07) is 15.8. The molecular formula is C19H22N2O2. The summed E-state index contributed by atoms with van der Waals surface area (Å²) >= 11 is 0. The summed E-state index contributed by atoms with van der Waals surface area (Å²) in [5.74, 6) is 0.736. The molecule has 4 heteroatoms. The number of nitrogens with one attached hydrogen (secondary N) is 1. The zero-order valence-electron chi connectivity index (χ0n) is 13.6. The maximum Gasteiger partial charge on any atom is 0.322 e. The highest BCUT2D eigenvalue weighted by molar-refractivity contribution is 5.90. The zero-order valence-corrected chi connectivity index (χ0v) is 13.6. The average molecular weight is 310 g/mol. The summed E-state index contributed by atoms with van der Waals surface area (Å²) in [6.07, 6.45) is 2.04. The maximum atomic E-state index is 12.7. The van der Waals surface area contributed by atoms with E-state index < -0.39 is 0 Å². The van der Waals surface area contributed by atoms with Crippen LogP contribution in [0.15, 0.2) is 48.5 Å². The minimum Gasteiger partial charge on any atom is -0.497 e. The van der Waals surface area contributed by atoms with Gasteiger partial charge >= 0.3 is 6.03 Å². The summed E-state index contributed by atoms with van der Waals surface area (Å²) in [6.45, 7) is 2.89. The van der Waals surface area contributed by atoms with Crippen LogP contribution in [0.5, 0.6) is 5.75 Å². The normalized spacial score (nSPS) is 17.1. The second-order valence-corrected chi connectivity index (χ2v) is 5.87. The summed E-state index contributed by atoms with van der Waals surface area (Å²) in [7, 11) is 1.62. The molecule has 0 spiro atoms. The molecule has 1 atom stereocenters. The lowest BCUT2D eigenvalue weighted by Gasteiger charge is -2.26. The van der Waals surface area contributed by atoms with Crippen LogP contribution in [0.4, 0.5) is 10.5 Å². The summed E-state index contributed by atoms with van der Waals surface area (Å²) in [4.78, 5) is 14.6. The number of aryl methyl sites for hydroxylation is 1. The Morgan fingerprint density at radius 3 is 2.83 bits per heavy atom. The van der Waals surface area contributed by atoms with Crippen LogP contribution in [0, 0.1) is 6.92 Å². The molecule has 0 saturated carbocycles. The van der Waals surface area contributed by atoms with Gasteiger partial charge in [0.2, 0.25) is 0 Å². The Morgan fingerprint density at radius 1 is 1.22 bits per heavy atom. The number of hydrogen-bond donors (Lipinski definition) is 1. The average Bonchev–Trinajstić information content (AvgIpc) is 3.05. The molecule has 4 nitrogen and oxygen atoms in total. The molecule has 0 bridgehead atoms. The van der Waals surface area contributed by atoms with Crippen molar-refractivity contribution in [3.8, 4) is 5.75 Å². The van der Waals surface area contributed by atoms with E-state index in [1.807, 2.05) is 41.3 Å². The Balaban J connectivity index is 1.77. The third-order valence-corrected chi connectivity index (χ3v) is 4.38. The predicted octanol–water partition coefficient (Wildman–Crippen LogP) is 4.37. The Labute approximate surface area is 137 Å². The lowest BCUT2D eigenvalue weighted by molar-refractivity contribution is 0.207. The molecule has 23 heavy (non-hydrogen) atoms. The van der Waals surface area contributed by atoms with Crippen molar-refractivity contribution in [2.24, 2.45) is 0 Å². The number of anilines is 1. The predicted molar refractivity (Wildman–Crippen MR) is 91.9 cm³/mol. The van der Waals surface area contributed by atoms with Crippen LogP contribution in [0.2, 0.25) is 0 Å². The number of urea groups is 1. The zero-order chi connectivity index (χ0) is 16.2. The number of rotatable bonds is 3. The Hall–Kier alpha value is -2.49. The number of amides is 2. The molecule has 120 valence electrons. The van der Waals surface area contributed by atoms with Gasteiger partial charge in [0.25, 0.3) is 0 Å². The number of carbonyl (C=O) groups excluding carboxylic acids is 1. The molecule has 1 fully saturated rings. The third kappa shape index (κ3) is 3.31. The number of likely N-dealkylation sites (tertiary alicyclic amines) is 1. The Bertz CT molecular complexity index is 699. The second kappa shape index (κ2) is 6.73.